The lowest BCUT2D eigenvalue weighted by Crippen LogP contribution is -2.43. The average molecular weight is 224 g/mol. The SMILES string of the molecule is Cn1nc(C(=O)O)cc1CN1CCNCC1. The zero-order chi connectivity index (χ0) is 11.5. The van der Waals surface area contributed by atoms with Crippen molar-refractivity contribution >= 4 is 5.97 Å². The van der Waals surface area contributed by atoms with Crippen LogP contribution >= 0.6 is 0 Å². The van der Waals surface area contributed by atoms with Crippen LogP contribution in [0, 0.1) is 0 Å². The van der Waals surface area contributed by atoms with Gasteiger partial charge in [-0.2, -0.15) is 5.10 Å². The third kappa shape index (κ3) is 2.40. The fraction of sp³-hybridized carbons (Fsp3) is 0.600. The topological polar surface area (TPSA) is 70.4 Å². The van der Waals surface area contributed by atoms with Crippen molar-refractivity contribution in [3.63, 3.8) is 0 Å². The van der Waals surface area contributed by atoms with E-state index >= 15 is 0 Å². The van der Waals surface area contributed by atoms with E-state index in [0.29, 0.717) is 0 Å². The fourth-order valence-corrected chi connectivity index (χ4v) is 1.86. The van der Waals surface area contributed by atoms with Crippen LogP contribution in [0.3, 0.4) is 0 Å². The summed E-state index contributed by atoms with van der Waals surface area (Å²) in [6.07, 6.45) is 0. The number of piperazine rings is 1. The Labute approximate surface area is 93.9 Å². The number of nitrogens with one attached hydrogen (secondary N) is 1. The first-order valence-corrected chi connectivity index (χ1v) is 5.36. The Balaban J connectivity index is 2.05. The van der Waals surface area contributed by atoms with E-state index in [1.807, 2.05) is 0 Å². The molecule has 0 atom stereocenters. The maximum absolute atomic E-state index is 10.8. The second-order valence-corrected chi connectivity index (χ2v) is 3.98. The molecule has 0 aliphatic carbocycles. The molecule has 2 rings (SSSR count). The number of nitrogens with zero attached hydrogens (tertiary/aromatic N) is 3. The smallest absolute Gasteiger partial charge is 0.356 e. The van der Waals surface area contributed by atoms with E-state index in [1.165, 1.54) is 0 Å². The summed E-state index contributed by atoms with van der Waals surface area (Å²) in [5, 5.41) is 16.1. The molecule has 0 saturated carbocycles. The van der Waals surface area contributed by atoms with Gasteiger partial charge in [0, 0.05) is 39.8 Å². The number of aromatic carboxylic acids is 1. The summed E-state index contributed by atoms with van der Waals surface area (Å²) in [7, 11) is 1.78. The zero-order valence-corrected chi connectivity index (χ0v) is 9.31. The first kappa shape index (κ1) is 11.1. The maximum atomic E-state index is 10.8. The molecule has 6 heteroatoms. The van der Waals surface area contributed by atoms with Crippen LogP contribution in [0.2, 0.25) is 0 Å². The van der Waals surface area contributed by atoms with Crippen molar-refractivity contribution in [2.45, 2.75) is 6.54 Å². The second kappa shape index (κ2) is 4.63. The fourth-order valence-electron chi connectivity index (χ4n) is 1.86. The Morgan fingerprint density at radius 1 is 1.56 bits per heavy atom. The van der Waals surface area contributed by atoms with Crippen LogP contribution in [0.1, 0.15) is 16.2 Å². The lowest BCUT2D eigenvalue weighted by Gasteiger charge is -2.26. The summed E-state index contributed by atoms with van der Waals surface area (Å²) in [6, 6.07) is 1.64. The third-order valence-corrected chi connectivity index (χ3v) is 2.79. The highest BCUT2D eigenvalue weighted by molar-refractivity contribution is 5.85. The minimum absolute atomic E-state index is 0.118. The van der Waals surface area contributed by atoms with Crippen LogP contribution < -0.4 is 5.32 Å². The molecule has 0 spiro atoms. The highest BCUT2D eigenvalue weighted by Crippen LogP contribution is 2.07. The maximum Gasteiger partial charge on any atom is 0.356 e. The van der Waals surface area contributed by atoms with E-state index < -0.39 is 5.97 Å². The summed E-state index contributed by atoms with van der Waals surface area (Å²) in [4.78, 5) is 13.1. The molecule has 16 heavy (non-hydrogen) atoms. The van der Waals surface area contributed by atoms with Gasteiger partial charge in [0.25, 0.3) is 0 Å². The van der Waals surface area contributed by atoms with Crippen molar-refractivity contribution in [3.8, 4) is 0 Å². The molecule has 6 nitrogen and oxygen atoms in total. The Hall–Kier alpha value is -1.40. The molecule has 0 amide bonds. The predicted molar refractivity (Wildman–Crippen MR) is 58.3 cm³/mol. The van der Waals surface area contributed by atoms with E-state index in [9.17, 15) is 4.79 Å². The Kier molecular flexibility index (Phi) is 3.21. The lowest BCUT2D eigenvalue weighted by atomic mass is 10.3. The van der Waals surface area contributed by atoms with Crippen LogP contribution in [0.4, 0.5) is 0 Å². The van der Waals surface area contributed by atoms with Crippen LogP contribution in [0.15, 0.2) is 6.07 Å². The Morgan fingerprint density at radius 2 is 2.25 bits per heavy atom. The normalized spacial score (nSPS) is 17.6. The van der Waals surface area contributed by atoms with E-state index in [2.05, 4.69) is 15.3 Å². The first-order valence-electron chi connectivity index (χ1n) is 5.36. The monoisotopic (exact) mass is 224 g/mol. The van der Waals surface area contributed by atoms with Gasteiger partial charge in [-0.3, -0.25) is 9.58 Å². The van der Waals surface area contributed by atoms with Gasteiger partial charge in [-0.1, -0.05) is 0 Å². The molecule has 1 aliphatic heterocycles. The zero-order valence-electron chi connectivity index (χ0n) is 9.31. The Bertz CT molecular complexity index is 382. The number of carboxylic acid groups (broad SMARTS) is 1. The van der Waals surface area contributed by atoms with Gasteiger partial charge >= 0.3 is 5.97 Å². The van der Waals surface area contributed by atoms with Gasteiger partial charge in [-0.05, 0) is 6.07 Å². The number of hydrogen-bond donors (Lipinski definition) is 2. The second-order valence-electron chi connectivity index (χ2n) is 3.98. The van der Waals surface area contributed by atoms with Crippen molar-refractivity contribution in [2.24, 2.45) is 7.05 Å². The molecule has 1 aliphatic rings. The molecule has 1 fully saturated rings. The quantitative estimate of drug-likeness (QED) is 0.726. The lowest BCUT2D eigenvalue weighted by molar-refractivity contribution is 0.0689. The van der Waals surface area contributed by atoms with Gasteiger partial charge in [-0.15, -0.1) is 0 Å². The van der Waals surface area contributed by atoms with Crippen LogP contribution in [0.5, 0.6) is 0 Å². The van der Waals surface area contributed by atoms with Crippen LogP contribution in [-0.2, 0) is 13.6 Å². The molecule has 1 aromatic rings. The van der Waals surface area contributed by atoms with Gasteiger partial charge in [0.1, 0.15) is 0 Å². The van der Waals surface area contributed by atoms with Gasteiger partial charge in [0.15, 0.2) is 5.69 Å². The molecule has 1 aromatic heterocycles. The molecule has 2 heterocycles. The first-order chi connectivity index (χ1) is 7.66. The van der Waals surface area contributed by atoms with E-state index in [-0.39, 0.29) is 5.69 Å². The molecule has 1 saturated heterocycles. The molecular weight excluding hydrogens is 208 g/mol. The van der Waals surface area contributed by atoms with Crippen molar-refractivity contribution in [1.29, 1.82) is 0 Å². The number of rotatable bonds is 3. The minimum atomic E-state index is -0.970. The van der Waals surface area contributed by atoms with Crippen molar-refractivity contribution in [2.75, 3.05) is 26.2 Å². The van der Waals surface area contributed by atoms with Gasteiger partial charge < -0.3 is 10.4 Å². The van der Waals surface area contributed by atoms with Crippen LogP contribution in [-0.4, -0.2) is 51.9 Å². The number of carbonyl (C=O) groups is 1. The summed E-state index contributed by atoms with van der Waals surface area (Å²) >= 11 is 0. The minimum Gasteiger partial charge on any atom is -0.476 e. The average Bonchev–Trinajstić information content (AvgIpc) is 2.62. The largest absolute Gasteiger partial charge is 0.476 e. The summed E-state index contributed by atoms with van der Waals surface area (Å²) in [5.41, 5.74) is 1.06. The third-order valence-electron chi connectivity index (χ3n) is 2.79. The van der Waals surface area contributed by atoms with E-state index in [1.54, 1.807) is 17.8 Å². The number of hydrogen-bond acceptors (Lipinski definition) is 4. The highest BCUT2D eigenvalue weighted by atomic mass is 16.4. The molecule has 0 aromatic carbocycles. The van der Waals surface area contributed by atoms with E-state index in [4.69, 9.17) is 5.11 Å². The van der Waals surface area contributed by atoms with Gasteiger partial charge in [-0.25, -0.2) is 4.79 Å². The van der Waals surface area contributed by atoms with Crippen LogP contribution in [0.25, 0.3) is 0 Å². The molecular formula is C10H16N4O2. The van der Waals surface area contributed by atoms with Gasteiger partial charge in [0.2, 0.25) is 0 Å². The standard InChI is InChI=1S/C10H16N4O2/c1-13-8(6-9(12-13)10(15)16)7-14-4-2-11-3-5-14/h6,11H,2-5,7H2,1H3,(H,15,16). The number of aromatic nitrogens is 2. The summed E-state index contributed by atoms with van der Waals surface area (Å²) < 4.78 is 1.64. The molecule has 0 bridgehead atoms. The number of carboxylic acids is 1. The van der Waals surface area contributed by atoms with Gasteiger partial charge in [0.05, 0.1) is 5.69 Å². The van der Waals surface area contributed by atoms with E-state index in [0.717, 1.165) is 38.4 Å². The molecule has 88 valence electrons. The molecule has 2 N–H and O–H groups in total. The predicted octanol–water partition coefficient (Wildman–Crippen LogP) is -0.476. The van der Waals surface area contributed by atoms with Crippen molar-refractivity contribution < 1.29 is 9.90 Å². The van der Waals surface area contributed by atoms with Crippen molar-refractivity contribution in [3.05, 3.63) is 17.5 Å². The number of aryl methyl sites for hydroxylation is 1. The molecule has 0 unspecified atom stereocenters. The molecule has 0 radical (unpaired) electrons. The van der Waals surface area contributed by atoms with Crippen molar-refractivity contribution in [1.82, 2.24) is 20.0 Å². The highest BCUT2D eigenvalue weighted by Gasteiger charge is 2.15. The summed E-state index contributed by atoms with van der Waals surface area (Å²) in [5.74, 6) is -0.970. The summed E-state index contributed by atoms with van der Waals surface area (Å²) in [6.45, 7) is 4.73. The Morgan fingerprint density at radius 3 is 2.81 bits per heavy atom.